The SMILES string of the molecule is Cc1ccc(N(C)Cc2cccc(N)c2)c(F)c1[C@@H]1O[C@@H]2C[C@H]3[C@@H]4CCC5=CC(=O)C=C[C@]5(C)[C@H]4[C@@H](O)C[C@]3(C)[C@]2(C(=O)CO)O1. The molecule has 9 heteroatoms. The number of Topliss-reactive ketones (excluding diaryl/α,β-unsaturated/α-hetero) is 1. The Labute approximate surface area is 269 Å². The largest absolute Gasteiger partial charge is 0.399 e. The summed E-state index contributed by atoms with van der Waals surface area (Å²) in [5, 5.41) is 22.2. The summed E-state index contributed by atoms with van der Waals surface area (Å²) in [5.41, 5.74) is 6.88. The minimum Gasteiger partial charge on any atom is -0.399 e. The second-order valence-corrected chi connectivity index (χ2v) is 14.6. The highest BCUT2D eigenvalue weighted by Crippen LogP contribution is 2.70. The Bertz CT molecular complexity index is 1670. The summed E-state index contributed by atoms with van der Waals surface area (Å²) in [4.78, 5) is 27.9. The van der Waals surface area contributed by atoms with Gasteiger partial charge in [0.05, 0.1) is 17.9 Å². The van der Waals surface area contributed by atoms with Gasteiger partial charge < -0.3 is 30.3 Å². The molecule has 0 aromatic heterocycles. The van der Waals surface area contributed by atoms with Crippen molar-refractivity contribution in [3.05, 3.63) is 82.7 Å². The fourth-order valence-corrected chi connectivity index (χ4v) is 10.1. The Morgan fingerprint density at radius 1 is 1.22 bits per heavy atom. The van der Waals surface area contributed by atoms with Crippen molar-refractivity contribution < 1.29 is 33.7 Å². The molecule has 0 spiro atoms. The maximum atomic E-state index is 16.5. The molecule has 1 heterocycles. The Hall–Kier alpha value is -3.37. The van der Waals surface area contributed by atoms with E-state index in [9.17, 15) is 19.8 Å². The molecule has 244 valence electrons. The number of aryl methyl sites for hydroxylation is 1. The number of allylic oxidation sites excluding steroid dienone is 4. The Kier molecular flexibility index (Phi) is 7.36. The second-order valence-electron chi connectivity index (χ2n) is 14.6. The predicted molar refractivity (Wildman–Crippen MR) is 171 cm³/mol. The number of fused-ring (bicyclic) bond motifs is 7. The van der Waals surface area contributed by atoms with E-state index >= 15 is 4.39 Å². The number of hydrogen-bond acceptors (Lipinski definition) is 8. The molecule has 7 rings (SSSR count). The van der Waals surface area contributed by atoms with Gasteiger partial charge in [-0.25, -0.2) is 4.39 Å². The number of aliphatic hydroxyl groups excluding tert-OH is 2. The first-order valence-electron chi connectivity index (χ1n) is 16.3. The Morgan fingerprint density at radius 3 is 2.74 bits per heavy atom. The molecule has 46 heavy (non-hydrogen) atoms. The van der Waals surface area contributed by atoms with Crippen molar-refractivity contribution in [2.75, 3.05) is 24.3 Å². The number of nitrogen functional groups attached to an aromatic ring is 1. The number of hydrogen-bond donors (Lipinski definition) is 3. The van der Waals surface area contributed by atoms with Crippen LogP contribution in [0, 0.1) is 41.3 Å². The summed E-state index contributed by atoms with van der Waals surface area (Å²) in [6, 6.07) is 11.0. The molecule has 5 aliphatic rings. The van der Waals surface area contributed by atoms with Crippen molar-refractivity contribution in [1.29, 1.82) is 0 Å². The van der Waals surface area contributed by atoms with Crippen LogP contribution < -0.4 is 10.6 Å². The molecule has 9 atom stereocenters. The zero-order chi connectivity index (χ0) is 32.8. The molecule has 8 nitrogen and oxygen atoms in total. The molecule has 3 saturated carbocycles. The maximum Gasteiger partial charge on any atom is 0.193 e. The van der Waals surface area contributed by atoms with Crippen LogP contribution in [0.5, 0.6) is 0 Å². The monoisotopic (exact) mass is 630 g/mol. The van der Waals surface area contributed by atoms with E-state index in [1.807, 2.05) is 37.3 Å². The number of ketones is 2. The van der Waals surface area contributed by atoms with E-state index in [0.717, 1.165) is 24.0 Å². The van der Waals surface area contributed by atoms with Gasteiger partial charge in [-0.3, -0.25) is 9.59 Å². The number of carbonyl (C=O) groups excluding carboxylic acids is 2. The summed E-state index contributed by atoms with van der Waals surface area (Å²) in [6.45, 7) is 5.53. The molecule has 2 aromatic carbocycles. The van der Waals surface area contributed by atoms with Crippen LogP contribution in [0.15, 0.2) is 60.2 Å². The number of halogens is 1. The lowest BCUT2D eigenvalue weighted by atomic mass is 9.46. The van der Waals surface area contributed by atoms with Crippen molar-refractivity contribution in [3.8, 4) is 0 Å². The summed E-state index contributed by atoms with van der Waals surface area (Å²) < 4.78 is 29.8. The molecule has 4 aliphatic carbocycles. The third kappa shape index (κ3) is 4.31. The Balaban J connectivity index is 1.23. The van der Waals surface area contributed by atoms with Gasteiger partial charge in [0, 0.05) is 41.6 Å². The van der Waals surface area contributed by atoms with Gasteiger partial charge in [0.1, 0.15) is 6.61 Å². The zero-order valence-electron chi connectivity index (χ0n) is 26.8. The summed E-state index contributed by atoms with van der Waals surface area (Å²) in [5.74, 6) is -1.18. The molecule has 4 fully saturated rings. The number of nitrogens with two attached hydrogens (primary N) is 1. The van der Waals surface area contributed by atoms with E-state index in [0.29, 0.717) is 29.9 Å². The quantitative estimate of drug-likeness (QED) is 0.383. The average molecular weight is 631 g/mol. The van der Waals surface area contributed by atoms with Crippen molar-refractivity contribution >= 4 is 22.9 Å². The average Bonchev–Trinajstić information content (AvgIpc) is 3.49. The topological polar surface area (TPSA) is 122 Å². The molecule has 0 amide bonds. The van der Waals surface area contributed by atoms with E-state index in [2.05, 4.69) is 6.92 Å². The lowest BCUT2D eigenvalue weighted by molar-refractivity contribution is -0.201. The maximum absolute atomic E-state index is 16.5. The third-order valence-electron chi connectivity index (χ3n) is 12.2. The van der Waals surface area contributed by atoms with Crippen LogP contribution >= 0.6 is 0 Å². The molecule has 0 radical (unpaired) electrons. The van der Waals surface area contributed by atoms with Crippen LogP contribution in [0.3, 0.4) is 0 Å². The molecule has 1 aliphatic heterocycles. The van der Waals surface area contributed by atoms with Gasteiger partial charge in [-0.15, -0.1) is 0 Å². The number of rotatable bonds is 6. The Morgan fingerprint density at radius 2 is 2.00 bits per heavy atom. The first kappa shape index (κ1) is 31.2. The van der Waals surface area contributed by atoms with E-state index in [1.165, 1.54) is 0 Å². The normalized spacial score (nSPS) is 37.6. The number of aliphatic hydroxyl groups is 2. The smallest absolute Gasteiger partial charge is 0.193 e. The minimum atomic E-state index is -1.55. The number of ether oxygens (including phenoxy) is 2. The number of anilines is 2. The first-order chi connectivity index (χ1) is 21.8. The van der Waals surface area contributed by atoms with Gasteiger partial charge in [0.15, 0.2) is 29.3 Å². The van der Waals surface area contributed by atoms with E-state index in [4.69, 9.17) is 15.2 Å². The lowest BCUT2D eigenvalue weighted by Crippen LogP contribution is -2.63. The van der Waals surface area contributed by atoms with Crippen molar-refractivity contribution in [2.24, 2.45) is 28.6 Å². The van der Waals surface area contributed by atoms with Crippen molar-refractivity contribution in [2.45, 2.75) is 77.1 Å². The highest BCUT2D eigenvalue weighted by Gasteiger charge is 2.76. The van der Waals surface area contributed by atoms with Crippen LogP contribution in [-0.2, 0) is 25.6 Å². The van der Waals surface area contributed by atoms with Crippen molar-refractivity contribution in [1.82, 2.24) is 0 Å². The first-order valence-corrected chi connectivity index (χ1v) is 16.3. The number of carbonyl (C=O) groups is 2. The highest BCUT2D eigenvalue weighted by atomic mass is 19.1. The summed E-state index contributed by atoms with van der Waals surface area (Å²) in [7, 11) is 1.80. The van der Waals surface area contributed by atoms with Gasteiger partial charge in [-0.2, -0.15) is 0 Å². The molecule has 4 N–H and O–H groups in total. The van der Waals surface area contributed by atoms with Crippen LogP contribution in [-0.4, -0.2) is 53.2 Å². The van der Waals surface area contributed by atoms with Crippen LogP contribution in [0.1, 0.15) is 62.5 Å². The van der Waals surface area contributed by atoms with Gasteiger partial charge in [-0.1, -0.05) is 43.7 Å². The highest BCUT2D eigenvalue weighted by molar-refractivity contribution is 6.01. The molecule has 2 aromatic rings. The van der Waals surface area contributed by atoms with Gasteiger partial charge >= 0.3 is 0 Å². The van der Waals surface area contributed by atoms with Crippen LogP contribution in [0.2, 0.25) is 0 Å². The van der Waals surface area contributed by atoms with E-state index in [1.54, 1.807) is 43.2 Å². The van der Waals surface area contributed by atoms with Crippen LogP contribution in [0.4, 0.5) is 15.8 Å². The fourth-order valence-electron chi connectivity index (χ4n) is 10.1. The van der Waals surface area contributed by atoms with E-state index in [-0.39, 0.29) is 35.5 Å². The van der Waals surface area contributed by atoms with E-state index < -0.39 is 53.1 Å². The van der Waals surface area contributed by atoms with Gasteiger partial charge in [-0.05, 0) is 85.9 Å². The predicted octanol–water partition coefficient (Wildman–Crippen LogP) is 4.96. The third-order valence-corrected chi connectivity index (χ3v) is 12.2. The molecular weight excluding hydrogens is 587 g/mol. The molecule has 0 bridgehead atoms. The summed E-state index contributed by atoms with van der Waals surface area (Å²) in [6.07, 6.45) is 4.81. The summed E-state index contributed by atoms with van der Waals surface area (Å²) >= 11 is 0. The number of nitrogens with zero attached hydrogens (tertiary/aromatic N) is 1. The second kappa shape index (κ2) is 10.8. The lowest BCUT2D eigenvalue weighted by Gasteiger charge is -2.59. The molecule has 1 saturated heterocycles. The van der Waals surface area contributed by atoms with Gasteiger partial charge in [0.2, 0.25) is 0 Å². The van der Waals surface area contributed by atoms with Gasteiger partial charge in [0.25, 0.3) is 0 Å². The molecule has 0 unspecified atom stereocenters. The van der Waals surface area contributed by atoms with Crippen LogP contribution in [0.25, 0.3) is 0 Å². The van der Waals surface area contributed by atoms with Crippen molar-refractivity contribution in [3.63, 3.8) is 0 Å². The standard InChI is InChI=1S/C37H43FN2O6/c1-20-8-11-27(40(4)18-21-6-5-7-23(39)14-21)33(38)31(20)34-45-30-16-26-25-10-9-22-15-24(42)12-13-35(22,2)32(25)28(43)17-36(26,3)37(30,46-34)29(44)19-41/h5-8,11-15,25-26,28,30,32,34,41,43H,9-10,16-19,39H2,1-4H3/t25-,26-,28-,30+,32+,34+,35-,36-,37+/m0/s1. The fraction of sp³-hybridized carbons (Fsp3) is 0.514. The minimum absolute atomic E-state index is 0.0284. The number of benzene rings is 2. The zero-order valence-corrected chi connectivity index (χ0v) is 26.8. The molecular formula is C37H43FN2O6.